The fourth-order valence-electron chi connectivity index (χ4n) is 4.66. The van der Waals surface area contributed by atoms with E-state index in [9.17, 15) is 19.2 Å². The lowest BCUT2D eigenvalue weighted by molar-refractivity contribution is -0.142. The molecule has 4 N–H and O–H groups in total. The van der Waals surface area contributed by atoms with E-state index in [4.69, 9.17) is 10.5 Å². The Morgan fingerprint density at radius 1 is 1.06 bits per heavy atom. The largest absolute Gasteiger partial charge is 0.444 e. The minimum Gasteiger partial charge on any atom is -0.444 e. The molecule has 0 bridgehead atoms. The van der Waals surface area contributed by atoms with Crippen molar-refractivity contribution in [1.29, 1.82) is 0 Å². The van der Waals surface area contributed by atoms with Gasteiger partial charge < -0.3 is 26.0 Å². The highest BCUT2D eigenvalue weighted by atomic mass is 16.6. The summed E-state index contributed by atoms with van der Waals surface area (Å²) in [5.41, 5.74) is 4.68. The SMILES string of the molecule is C=C(C(N)=O)C(C)NC(=O)C1[C@@H](C)CCN1C(=O)C(NC(=O)OC(C)(C)C)C1CCCCC1. The molecule has 3 unspecified atom stereocenters. The van der Waals surface area contributed by atoms with Crippen LogP contribution >= 0.6 is 0 Å². The third kappa shape index (κ3) is 7.20. The molecule has 1 saturated heterocycles. The maximum atomic E-state index is 13.7. The van der Waals surface area contributed by atoms with Crippen molar-refractivity contribution in [2.75, 3.05) is 6.54 Å². The molecule has 0 aromatic carbocycles. The number of nitrogens with one attached hydrogen (secondary N) is 2. The fraction of sp³-hybridized carbons (Fsp3) is 0.750. The summed E-state index contributed by atoms with van der Waals surface area (Å²) >= 11 is 0. The number of hydrogen-bond acceptors (Lipinski definition) is 5. The molecule has 0 aromatic rings. The molecular weight excluding hydrogens is 424 g/mol. The Balaban J connectivity index is 2.21. The smallest absolute Gasteiger partial charge is 0.408 e. The van der Waals surface area contributed by atoms with Crippen molar-refractivity contribution >= 4 is 23.8 Å². The molecule has 4 amide bonds. The van der Waals surface area contributed by atoms with E-state index in [1.807, 2.05) is 6.92 Å². The van der Waals surface area contributed by atoms with Crippen molar-refractivity contribution < 1.29 is 23.9 Å². The van der Waals surface area contributed by atoms with Crippen LogP contribution in [0.2, 0.25) is 0 Å². The second kappa shape index (κ2) is 11.0. The lowest BCUT2D eigenvalue weighted by atomic mass is 9.83. The number of primary amides is 1. The van der Waals surface area contributed by atoms with Crippen molar-refractivity contribution in [3.8, 4) is 0 Å². The molecule has 2 aliphatic rings. The van der Waals surface area contributed by atoms with Crippen molar-refractivity contribution in [3.63, 3.8) is 0 Å². The molecule has 9 nitrogen and oxygen atoms in total. The Hall–Kier alpha value is -2.58. The molecule has 1 aliphatic carbocycles. The van der Waals surface area contributed by atoms with Crippen LogP contribution in [0.1, 0.15) is 73.1 Å². The second-order valence-electron chi connectivity index (χ2n) is 10.4. The van der Waals surface area contributed by atoms with E-state index in [0.29, 0.717) is 13.0 Å². The fourth-order valence-corrected chi connectivity index (χ4v) is 4.66. The van der Waals surface area contributed by atoms with Crippen LogP contribution in [0.5, 0.6) is 0 Å². The number of carbonyl (C=O) groups is 4. The maximum Gasteiger partial charge on any atom is 0.408 e. The van der Waals surface area contributed by atoms with E-state index in [0.717, 1.165) is 32.1 Å². The normalized spacial score (nSPS) is 23.4. The predicted molar refractivity (Wildman–Crippen MR) is 125 cm³/mol. The summed E-state index contributed by atoms with van der Waals surface area (Å²) in [6, 6.07) is -2.10. The Labute approximate surface area is 196 Å². The van der Waals surface area contributed by atoms with Gasteiger partial charge in [-0.25, -0.2) is 4.79 Å². The molecule has 2 rings (SSSR count). The number of alkyl carbamates (subject to hydrolysis) is 1. The van der Waals surface area contributed by atoms with Gasteiger partial charge in [-0.05, 0) is 58.8 Å². The summed E-state index contributed by atoms with van der Waals surface area (Å²) in [7, 11) is 0. The van der Waals surface area contributed by atoms with E-state index >= 15 is 0 Å². The number of hydrogen-bond donors (Lipinski definition) is 3. The van der Waals surface area contributed by atoms with Crippen molar-refractivity contribution in [1.82, 2.24) is 15.5 Å². The molecule has 0 aromatic heterocycles. The molecule has 186 valence electrons. The van der Waals surface area contributed by atoms with Crippen molar-refractivity contribution in [2.45, 2.75) is 96.9 Å². The van der Waals surface area contributed by atoms with Crippen LogP contribution in [0.3, 0.4) is 0 Å². The molecule has 0 spiro atoms. The first-order chi connectivity index (χ1) is 15.3. The molecule has 0 radical (unpaired) electrons. The zero-order valence-electron chi connectivity index (χ0n) is 20.6. The number of amides is 4. The van der Waals surface area contributed by atoms with Crippen molar-refractivity contribution in [2.24, 2.45) is 17.6 Å². The Kier molecular flexibility index (Phi) is 8.91. The first kappa shape index (κ1) is 26.7. The third-order valence-electron chi connectivity index (χ3n) is 6.51. The van der Waals surface area contributed by atoms with Gasteiger partial charge in [-0.3, -0.25) is 14.4 Å². The number of carbonyl (C=O) groups excluding carboxylic acids is 4. The summed E-state index contributed by atoms with van der Waals surface area (Å²) in [6.07, 6.45) is 4.81. The second-order valence-corrected chi connectivity index (χ2v) is 10.4. The Bertz CT molecular complexity index is 769. The van der Waals surface area contributed by atoms with E-state index in [2.05, 4.69) is 17.2 Å². The predicted octanol–water partition coefficient (Wildman–Crippen LogP) is 2.24. The highest BCUT2D eigenvalue weighted by Gasteiger charge is 2.44. The number of nitrogens with zero attached hydrogens (tertiary/aromatic N) is 1. The molecule has 4 atom stereocenters. The van der Waals surface area contributed by atoms with Gasteiger partial charge >= 0.3 is 6.09 Å². The van der Waals surface area contributed by atoms with Gasteiger partial charge in [0.1, 0.15) is 17.7 Å². The molecule has 1 saturated carbocycles. The summed E-state index contributed by atoms with van der Waals surface area (Å²) in [5, 5.41) is 5.57. The van der Waals surface area contributed by atoms with Crippen LogP contribution in [0, 0.1) is 11.8 Å². The van der Waals surface area contributed by atoms with Crippen LogP contribution in [-0.2, 0) is 19.1 Å². The van der Waals surface area contributed by atoms with E-state index in [-0.39, 0.29) is 29.2 Å². The van der Waals surface area contributed by atoms with Crippen LogP contribution in [-0.4, -0.2) is 59.0 Å². The van der Waals surface area contributed by atoms with Crippen molar-refractivity contribution in [3.05, 3.63) is 12.2 Å². The molecule has 2 fully saturated rings. The minimum atomic E-state index is -0.751. The number of likely N-dealkylation sites (tertiary alicyclic amines) is 1. The quantitative estimate of drug-likeness (QED) is 0.497. The van der Waals surface area contributed by atoms with Gasteiger partial charge in [-0.1, -0.05) is 32.8 Å². The number of ether oxygens (including phenoxy) is 1. The van der Waals surface area contributed by atoms with E-state index in [1.165, 1.54) is 0 Å². The van der Waals surface area contributed by atoms with Crippen LogP contribution < -0.4 is 16.4 Å². The van der Waals surface area contributed by atoms with Gasteiger partial charge in [0.25, 0.3) is 0 Å². The number of nitrogens with two attached hydrogens (primary N) is 1. The monoisotopic (exact) mass is 464 g/mol. The lowest BCUT2D eigenvalue weighted by Crippen LogP contribution is -2.58. The third-order valence-corrected chi connectivity index (χ3v) is 6.51. The first-order valence-electron chi connectivity index (χ1n) is 11.9. The van der Waals surface area contributed by atoms with Gasteiger partial charge in [0.05, 0.1) is 6.04 Å². The molecular formula is C24H40N4O5. The highest BCUT2D eigenvalue weighted by Crippen LogP contribution is 2.31. The summed E-state index contributed by atoms with van der Waals surface area (Å²) in [6.45, 7) is 12.9. The molecule has 1 heterocycles. The molecule has 33 heavy (non-hydrogen) atoms. The Morgan fingerprint density at radius 3 is 2.21 bits per heavy atom. The summed E-state index contributed by atoms with van der Waals surface area (Å²) < 4.78 is 5.42. The van der Waals surface area contributed by atoms with E-state index in [1.54, 1.807) is 32.6 Å². The van der Waals surface area contributed by atoms with Gasteiger partial charge in [0, 0.05) is 12.1 Å². The highest BCUT2D eigenvalue weighted by molar-refractivity contribution is 5.95. The molecule has 1 aliphatic heterocycles. The average Bonchev–Trinajstić information content (AvgIpc) is 3.11. The minimum absolute atomic E-state index is 0.00745. The van der Waals surface area contributed by atoms with Crippen LogP contribution in [0.15, 0.2) is 12.2 Å². The standard InChI is InChI=1S/C24H40N4O5/c1-14-12-13-28(19(14)21(30)26-16(3)15(2)20(25)29)22(31)18(17-10-8-7-9-11-17)27-23(32)33-24(4,5)6/h14,16-19H,2,7-13H2,1,3-6H3,(H2,25,29)(H,26,30)(H,27,32)/t14-,16?,18?,19?/m0/s1. The average molecular weight is 465 g/mol. The zero-order chi connectivity index (χ0) is 24.9. The zero-order valence-corrected chi connectivity index (χ0v) is 20.6. The van der Waals surface area contributed by atoms with Gasteiger partial charge in [-0.2, -0.15) is 0 Å². The van der Waals surface area contributed by atoms with Crippen LogP contribution in [0.4, 0.5) is 4.79 Å². The summed E-state index contributed by atoms with van der Waals surface area (Å²) in [4.78, 5) is 52.4. The molecule has 9 heteroatoms. The maximum absolute atomic E-state index is 13.7. The van der Waals surface area contributed by atoms with Gasteiger partial charge in [-0.15, -0.1) is 0 Å². The van der Waals surface area contributed by atoms with Gasteiger partial charge in [0.15, 0.2) is 0 Å². The van der Waals surface area contributed by atoms with Gasteiger partial charge in [0.2, 0.25) is 17.7 Å². The number of rotatable bonds is 7. The first-order valence-corrected chi connectivity index (χ1v) is 11.9. The summed E-state index contributed by atoms with van der Waals surface area (Å²) in [5.74, 6) is -1.39. The van der Waals surface area contributed by atoms with Crippen LogP contribution in [0.25, 0.3) is 0 Å². The topological polar surface area (TPSA) is 131 Å². The Morgan fingerprint density at radius 2 is 1.67 bits per heavy atom. The van der Waals surface area contributed by atoms with E-state index < -0.39 is 35.7 Å². The lowest BCUT2D eigenvalue weighted by Gasteiger charge is -2.35.